The van der Waals surface area contributed by atoms with Crippen molar-refractivity contribution in [2.75, 3.05) is 25.6 Å². The minimum Gasteiger partial charge on any atom is -0.466 e. The minimum atomic E-state index is -0.364. The molecule has 0 aliphatic carbocycles. The number of amides is 2. The molecule has 0 radical (unpaired) electrons. The van der Waals surface area contributed by atoms with E-state index in [1.165, 1.54) is 0 Å². The zero-order valence-corrected chi connectivity index (χ0v) is 20.5. The average molecular weight is 476 g/mol. The van der Waals surface area contributed by atoms with Crippen molar-refractivity contribution in [1.29, 1.82) is 0 Å². The molecule has 35 heavy (non-hydrogen) atoms. The molecule has 0 spiro atoms. The lowest BCUT2D eigenvalue weighted by atomic mass is 10.1. The summed E-state index contributed by atoms with van der Waals surface area (Å²) in [7, 11) is 1.57. The van der Waals surface area contributed by atoms with Gasteiger partial charge in [0.15, 0.2) is 5.65 Å². The highest BCUT2D eigenvalue weighted by molar-refractivity contribution is 6.14. The number of methoxy groups -OCH3 is 1. The number of fused-ring (bicyclic) bond motifs is 1. The summed E-state index contributed by atoms with van der Waals surface area (Å²) in [6.45, 7) is 8.51. The number of aromatic nitrogens is 3. The highest BCUT2D eigenvalue weighted by atomic mass is 16.5. The molecule has 0 atom stereocenters. The van der Waals surface area contributed by atoms with E-state index in [-0.39, 0.29) is 17.9 Å². The van der Waals surface area contributed by atoms with Crippen molar-refractivity contribution < 1.29 is 18.7 Å². The minimum absolute atomic E-state index is 0.0508. The van der Waals surface area contributed by atoms with Crippen LogP contribution in [0.5, 0.6) is 0 Å². The number of hydrogen-bond donors (Lipinski definition) is 2. The summed E-state index contributed by atoms with van der Waals surface area (Å²) in [6.07, 6.45) is 1.65. The molecule has 3 heterocycles. The van der Waals surface area contributed by atoms with Crippen molar-refractivity contribution in [1.82, 2.24) is 20.1 Å². The Morgan fingerprint density at radius 3 is 2.57 bits per heavy atom. The molecule has 9 heteroatoms. The van der Waals surface area contributed by atoms with Gasteiger partial charge in [-0.05, 0) is 52.0 Å². The van der Waals surface area contributed by atoms with Crippen molar-refractivity contribution >= 4 is 28.5 Å². The van der Waals surface area contributed by atoms with Crippen LogP contribution in [0.15, 0.2) is 47.0 Å². The van der Waals surface area contributed by atoms with E-state index >= 15 is 0 Å². The first-order chi connectivity index (χ1) is 16.8. The third-order valence-corrected chi connectivity index (χ3v) is 5.63. The molecule has 4 rings (SSSR count). The Labute approximate surface area is 203 Å². The largest absolute Gasteiger partial charge is 0.466 e. The Bertz CT molecular complexity index is 1390. The monoisotopic (exact) mass is 475 g/mol. The van der Waals surface area contributed by atoms with Gasteiger partial charge in [-0.2, -0.15) is 5.10 Å². The SMILES string of the molecule is COCCNC(=O)c1ccccc1NC(=O)c1cc(-c2cc(C)oc2C)nc2c1cnn2C(C)C. The van der Waals surface area contributed by atoms with Gasteiger partial charge in [0, 0.05) is 25.3 Å². The number of rotatable bonds is 8. The van der Waals surface area contributed by atoms with Crippen LogP contribution < -0.4 is 10.6 Å². The van der Waals surface area contributed by atoms with Crippen LogP contribution in [0.2, 0.25) is 0 Å². The van der Waals surface area contributed by atoms with Crippen LogP contribution in [0.4, 0.5) is 5.69 Å². The van der Waals surface area contributed by atoms with Crippen LogP contribution in [0, 0.1) is 13.8 Å². The molecule has 4 aromatic rings. The number of aryl methyl sites for hydroxylation is 2. The van der Waals surface area contributed by atoms with Gasteiger partial charge in [0.2, 0.25) is 0 Å². The molecule has 0 unspecified atom stereocenters. The zero-order valence-electron chi connectivity index (χ0n) is 20.5. The maximum absolute atomic E-state index is 13.6. The summed E-state index contributed by atoms with van der Waals surface area (Å²) in [5.41, 5.74) is 3.21. The maximum Gasteiger partial charge on any atom is 0.256 e. The van der Waals surface area contributed by atoms with Crippen LogP contribution in [0.3, 0.4) is 0 Å². The molecular weight excluding hydrogens is 446 g/mol. The topological polar surface area (TPSA) is 111 Å². The molecule has 1 aromatic carbocycles. The summed E-state index contributed by atoms with van der Waals surface area (Å²) in [4.78, 5) is 31.1. The van der Waals surface area contributed by atoms with E-state index in [1.807, 2.05) is 33.8 Å². The number of benzene rings is 1. The summed E-state index contributed by atoms with van der Waals surface area (Å²) in [6, 6.07) is 10.6. The number of hydrogen-bond acceptors (Lipinski definition) is 6. The van der Waals surface area contributed by atoms with Crippen molar-refractivity contribution in [3.05, 3.63) is 65.2 Å². The Kier molecular flexibility index (Phi) is 6.97. The molecule has 0 fully saturated rings. The first-order valence-corrected chi connectivity index (χ1v) is 11.4. The second-order valence-electron chi connectivity index (χ2n) is 8.55. The third kappa shape index (κ3) is 4.95. The Morgan fingerprint density at radius 2 is 1.89 bits per heavy atom. The molecule has 0 saturated carbocycles. The lowest BCUT2D eigenvalue weighted by Gasteiger charge is -2.13. The normalized spacial score (nSPS) is 11.3. The lowest BCUT2D eigenvalue weighted by molar-refractivity contribution is 0.0938. The standard InChI is InChI=1S/C26H29N5O4/c1-15(2)31-24-21(14-28-31)20(13-23(29-24)19-12-16(3)35-17(19)4)26(33)30-22-9-7-6-8-18(22)25(32)27-10-11-34-5/h6-9,12-15H,10-11H2,1-5H3,(H,27,32)(H,30,33). The number of ether oxygens (including phenoxy) is 1. The number of nitrogens with zero attached hydrogens (tertiary/aromatic N) is 3. The van der Waals surface area contributed by atoms with Gasteiger partial charge in [-0.3, -0.25) is 9.59 Å². The van der Waals surface area contributed by atoms with E-state index in [9.17, 15) is 9.59 Å². The van der Waals surface area contributed by atoms with Gasteiger partial charge in [-0.1, -0.05) is 12.1 Å². The molecule has 2 amide bonds. The fourth-order valence-corrected chi connectivity index (χ4v) is 3.95. The summed E-state index contributed by atoms with van der Waals surface area (Å²) in [5.74, 6) is 0.818. The molecule has 0 aliphatic rings. The lowest BCUT2D eigenvalue weighted by Crippen LogP contribution is -2.28. The van der Waals surface area contributed by atoms with Crippen molar-refractivity contribution in [2.24, 2.45) is 0 Å². The van der Waals surface area contributed by atoms with Crippen LogP contribution in [0.25, 0.3) is 22.3 Å². The summed E-state index contributed by atoms with van der Waals surface area (Å²) >= 11 is 0. The predicted molar refractivity (Wildman–Crippen MR) is 134 cm³/mol. The van der Waals surface area contributed by atoms with Crippen molar-refractivity contribution in [2.45, 2.75) is 33.7 Å². The molecule has 0 aliphatic heterocycles. The maximum atomic E-state index is 13.6. The smallest absolute Gasteiger partial charge is 0.256 e. The molecule has 182 valence electrons. The first kappa shape index (κ1) is 24.2. The van der Waals surface area contributed by atoms with Crippen LogP contribution in [-0.4, -0.2) is 46.8 Å². The third-order valence-electron chi connectivity index (χ3n) is 5.63. The number of anilines is 1. The number of pyridine rings is 1. The molecular formula is C26H29N5O4. The second kappa shape index (κ2) is 10.1. The number of furan rings is 1. The Balaban J connectivity index is 1.76. The fraction of sp³-hybridized carbons (Fsp3) is 0.308. The fourth-order valence-electron chi connectivity index (χ4n) is 3.95. The van der Waals surface area contributed by atoms with Gasteiger partial charge in [0.1, 0.15) is 11.5 Å². The molecule has 3 aromatic heterocycles. The molecule has 2 N–H and O–H groups in total. The van der Waals surface area contributed by atoms with Gasteiger partial charge in [-0.15, -0.1) is 0 Å². The van der Waals surface area contributed by atoms with Gasteiger partial charge in [0.25, 0.3) is 11.8 Å². The molecule has 9 nitrogen and oxygen atoms in total. The first-order valence-electron chi connectivity index (χ1n) is 11.4. The highest BCUT2D eigenvalue weighted by Gasteiger charge is 2.21. The van der Waals surface area contributed by atoms with E-state index in [4.69, 9.17) is 14.1 Å². The van der Waals surface area contributed by atoms with E-state index in [0.717, 1.165) is 17.1 Å². The average Bonchev–Trinajstić information content (AvgIpc) is 3.41. The van der Waals surface area contributed by atoms with E-state index in [1.54, 1.807) is 48.3 Å². The Hall–Kier alpha value is -3.98. The van der Waals surface area contributed by atoms with Gasteiger partial charge < -0.3 is 19.8 Å². The number of carbonyl (C=O) groups excluding carboxylic acids is 2. The van der Waals surface area contributed by atoms with Gasteiger partial charge in [0.05, 0.1) is 40.7 Å². The van der Waals surface area contributed by atoms with Crippen molar-refractivity contribution in [3.8, 4) is 11.3 Å². The van der Waals surface area contributed by atoms with Crippen LogP contribution >= 0.6 is 0 Å². The quantitative estimate of drug-likeness (QED) is 0.363. The second-order valence-corrected chi connectivity index (χ2v) is 8.55. The predicted octanol–water partition coefficient (Wildman–Crippen LogP) is 4.52. The zero-order chi connectivity index (χ0) is 25.1. The highest BCUT2D eigenvalue weighted by Crippen LogP contribution is 2.30. The molecule has 0 saturated heterocycles. The van der Waals surface area contributed by atoms with Gasteiger partial charge >= 0.3 is 0 Å². The van der Waals surface area contributed by atoms with E-state index < -0.39 is 0 Å². The number of nitrogens with one attached hydrogen (secondary N) is 2. The van der Waals surface area contributed by atoms with Crippen LogP contribution in [0.1, 0.15) is 52.1 Å². The number of para-hydroxylation sites is 1. The van der Waals surface area contributed by atoms with Crippen molar-refractivity contribution in [3.63, 3.8) is 0 Å². The summed E-state index contributed by atoms with van der Waals surface area (Å²) in [5, 5.41) is 10.8. The molecule has 0 bridgehead atoms. The summed E-state index contributed by atoms with van der Waals surface area (Å²) < 4.78 is 12.5. The van der Waals surface area contributed by atoms with E-state index in [0.29, 0.717) is 46.7 Å². The van der Waals surface area contributed by atoms with E-state index in [2.05, 4.69) is 15.7 Å². The van der Waals surface area contributed by atoms with Gasteiger partial charge in [-0.25, -0.2) is 9.67 Å². The Morgan fingerprint density at radius 1 is 1.11 bits per heavy atom. The number of carbonyl (C=O) groups is 2. The van der Waals surface area contributed by atoms with Crippen LogP contribution in [-0.2, 0) is 4.74 Å².